The van der Waals surface area contributed by atoms with Gasteiger partial charge in [-0.3, -0.25) is 14.6 Å². The number of hydrogen-bond acceptors (Lipinski definition) is 6. The molecule has 2 amide bonds. The monoisotopic (exact) mass is 413 g/mol. The Kier molecular flexibility index (Phi) is 5.01. The predicted octanol–water partition coefficient (Wildman–Crippen LogP) is 1.51. The lowest BCUT2D eigenvalue weighted by atomic mass is 9.97. The zero-order valence-electron chi connectivity index (χ0n) is 16.8. The molecule has 5 heterocycles. The number of pyridine rings is 1. The van der Waals surface area contributed by atoms with Crippen molar-refractivity contribution in [3.05, 3.63) is 28.9 Å². The van der Waals surface area contributed by atoms with Gasteiger partial charge in [0.05, 0.1) is 4.88 Å². The molecule has 2 aromatic rings. The van der Waals surface area contributed by atoms with Gasteiger partial charge in [0.1, 0.15) is 5.69 Å². The molecule has 3 aliphatic rings. The molecule has 0 radical (unpaired) electrons. The van der Waals surface area contributed by atoms with Gasteiger partial charge in [0.2, 0.25) is 0 Å². The number of nitrogens with one attached hydrogen (secondary N) is 1. The van der Waals surface area contributed by atoms with Crippen molar-refractivity contribution in [3.63, 3.8) is 0 Å². The van der Waals surface area contributed by atoms with E-state index in [1.54, 1.807) is 6.20 Å². The zero-order valence-corrected chi connectivity index (χ0v) is 17.6. The van der Waals surface area contributed by atoms with Crippen molar-refractivity contribution in [2.75, 3.05) is 52.9 Å². The molecule has 1 N–H and O–H groups in total. The van der Waals surface area contributed by atoms with Gasteiger partial charge in [0.25, 0.3) is 11.8 Å². The molecule has 3 fully saturated rings. The minimum absolute atomic E-state index is 0.0806. The van der Waals surface area contributed by atoms with Crippen LogP contribution in [0.2, 0.25) is 0 Å². The van der Waals surface area contributed by atoms with E-state index < -0.39 is 0 Å². The molecular weight excluding hydrogens is 386 g/mol. The lowest BCUT2D eigenvalue weighted by molar-refractivity contribution is 0.0669. The van der Waals surface area contributed by atoms with Crippen molar-refractivity contribution in [1.82, 2.24) is 25.0 Å². The molecule has 3 aliphatic heterocycles. The summed E-state index contributed by atoms with van der Waals surface area (Å²) < 4.78 is 0.940. The first-order valence-corrected chi connectivity index (χ1v) is 11.3. The highest BCUT2D eigenvalue weighted by molar-refractivity contribution is 7.20. The van der Waals surface area contributed by atoms with Crippen LogP contribution in [-0.2, 0) is 0 Å². The second-order valence-corrected chi connectivity index (χ2v) is 9.72. The van der Waals surface area contributed by atoms with Gasteiger partial charge in [-0.25, -0.2) is 0 Å². The van der Waals surface area contributed by atoms with Gasteiger partial charge in [-0.05, 0) is 44.5 Å². The van der Waals surface area contributed by atoms with E-state index >= 15 is 0 Å². The summed E-state index contributed by atoms with van der Waals surface area (Å²) in [4.78, 5) is 37.3. The Morgan fingerprint density at radius 2 is 1.97 bits per heavy atom. The Hall–Kier alpha value is -2.03. The minimum atomic E-state index is -0.111. The van der Waals surface area contributed by atoms with Gasteiger partial charge in [-0.15, -0.1) is 11.3 Å². The predicted molar refractivity (Wildman–Crippen MR) is 113 cm³/mol. The van der Waals surface area contributed by atoms with Crippen molar-refractivity contribution in [1.29, 1.82) is 0 Å². The highest BCUT2D eigenvalue weighted by atomic mass is 32.1. The fourth-order valence-corrected chi connectivity index (χ4v) is 5.79. The van der Waals surface area contributed by atoms with Crippen LogP contribution in [0.1, 0.15) is 33.0 Å². The van der Waals surface area contributed by atoms with Gasteiger partial charge in [-0.1, -0.05) is 0 Å². The Balaban J connectivity index is 1.29. The van der Waals surface area contributed by atoms with E-state index in [-0.39, 0.29) is 17.9 Å². The number of rotatable bonds is 3. The summed E-state index contributed by atoms with van der Waals surface area (Å²) in [5, 5.41) is 4.09. The Labute approximate surface area is 174 Å². The van der Waals surface area contributed by atoms with Crippen LogP contribution >= 0.6 is 11.3 Å². The van der Waals surface area contributed by atoms with Crippen LogP contribution < -0.4 is 5.32 Å². The zero-order chi connectivity index (χ0) is 20.0. The summed E-state index contributed by atoms with van der Waals surface area (Å²) in [6.45, 7) is 6.59. The van der Waals surface area contributed by atoms with E-state index in [9.17, 15) is 9.59 Å². The van der Waals surface area contributed by atoms with Gasteiger partial charge < -0.3 is 20.0 Å². The molecule has 29 heavy (non-hydrogen) atoms. The van der Waals surface area contributed by atoms with Gasteiger partial charge in [0, 0.05) is 61.6 Å². The molecule has 5 rings (SSSR count). The van der Waals surface area contributed by atoms with E-state index in [4.69, 9.17) is 0 Å². The number of piperazine rings is 1. The first-order chi connectivity index (χ1) is 14.0. The van der Waals surface area contributed by atoms with Crippen molar-refractivity contribution < 1.29 is 9.59 Å². The molecule has 3 unspecified atom stereocenters. The first-order valence-electron chi connectivity index (χ1n) is 10.5. The molecule has 8 heteroatoms. The highest BCUT2D eigenvalue weighted by Gasteiger charge is 2.33. The molecule has 0 aliphatic carbocycles. The molecule has 3 saturated heterocycles. The van der Waals surface area contributed by atoms with Crippen LogP contribution in [0.15, 0.2) is 18.3 Å². The number of hydrogen-bond donors (Lipinski definition) is 1. The van der Waals surface area contributed by atoms with Gasteiger partial charge in [-0.2, -0.15) is 0 Å². The minimum Gasteiger partial charge on any atom is -0.347 e. The molecule has 2 bridgehead atoms. The third-order valence-electron chi connectivity index (χ3n) is 6.44. The molecular formula is C21H27N5O2S. The number of carbonyl (C=O) groups is 2. The summed E-state index contributed by atoms with van der Waals surface area (Å²) in [5.41, 5.74) is 0.436. The fourth-order valence-electron chi connectivity index (χ4n) is 4.75. The van der Waals surface area contributed by atoms with Crippen LogP contribution in [0.4, 0.5) is 0 Å². The largest absolute Gasteiger partial charge is 0.347 e. The maximum absolute atomic E-state index is 12.8. The second-order valence-electron chi connectivity index (χ2n) is 8.63. The molecule has 0 spiro atoms. The normalized spacial score (nSPS) is 27.3. The van der Waals surface area contributed by atoms with Gasteiger partial charge in [0.15, 0.2) is 0 Å². The summed E-state index contributed by atoms with van der Waals surface area (Å²) in [7, 11) is 2.08. The summed E-state index contributed by atoms with van der Waals surface area (Å²) in [6.07, 6.45) is 4.03. The smallest absolute Gasteiger partial charge is 0.270 e. The lowest BCUT2D eigenvalue weighted by Gasteiger charge is -2.32. The SMILES string of the molecule is CN1CCN(C(=O)c2cc3cnc(C(=O)NC4CC5CCN(C5)C4)cc3s2)CC1. The quantitative estimate of drug-likeness (QED) is 0.826. The Morgan fingerprint density at radius 1 is 1.14 bits per heavy atom. The van der Waals surface area contributed by atoms with Crippen molar-refractivity contribution in [2.45, 2.75) is 18.9 Å². The maximum Gasteiger partial charge on any atom is 0.270 e. The van der Waals surface area contributed by atoms with Crippen molar-refractivity contribution >= 4 is 33.2 Å². The third-order valence-corrected chi connectivity index (χ3v) is 7.52. The molecule has 0 aromatic carbocycles. The maximum atomic E-state index is 12.8. The van der Waals surface area contributed by atoms with E-state index in [2.05, 4.69) is 27.1 Å². The number of amides is 2. The number of fused-ring (bicyclic) bond motifs is 3. The molecule has 2 aromatic heterocycles. The van der Waals surface area contributed by atoms with E-state index in [1.807, 2.05) is 17.0 Å². The van der Waals surface area contributed by atoms with Crippen LogP contribution in [-0.4, -0.2) is 90.4 Å². The number of nitrogens with zero attached hydrogens (tertiary/aromatic N) is 4. The van der Waals surface area contributed by atoms with Crippen LogP contribution in [0.25, 0.3) is 10.1 Å². The number of thiophene rings is 1. The van der Waals surface area contributed by atoms with Crippen LogP contribution in [0.5, 0.6) is 0 Å². The highest BCUT2D eigenvalue weighted by Crippen LogP contribution is 2.28. The average molecular weight is 414 g/mol. The van der Waals surface area contributed by atoms with Crippen molar-refractivity contribution in [3.8, 4) is 0 Å². The molecule has 0 saturated carbocycles. The van der Waals surface area contributed by atoms with E-state index in [0.717, 1.165) is 60.7 Å². The number of aromatic nitrogens is 1. The summed E-state index contributed by atoms with van der Waals surface area (Å²) in [5.74, 6) is 0.682. The molecule has 7 nitrogen and oxygen atoms in total. The summed E-state index contributed by atoms with van der Waals surface area (Å²) >= 11 is 1.46. The fraction of sp³-hybridized carbons (Fsp3) is 0.571. The Morgan fingerprint density at radius 3 is 2.76 bits per heavy atom. The first kappa shape index (κ1) is 19.0. The van der Waals surface area contributed by atoms with Crippen LogP contribution in [0, 0.1) is 5.92 Å². The second kappa shape index (κ2) is 7.66. The Bertz CT molecular complexity index is 924. The van der Waals surface area contributed by atoms with Gasteiger partial charge >= 0.3 is 0 Å². The molecule has 3 atom stereocenters. The topological polar surface area (TPSA) is 68.8 Å². The lowest BCUT2D eigenvalue weighted by Crippen LogP contribution is -2.47. The molecule has 154 valence electrons. The van der Waals surface area contributed by atoms with E-state index in [1.165, 1.54) is 24.3 Å². The van der Waals surface area contributed by atoms with E-state index in [0.29, 0.717) is 11.6 Å². The standard InChI is InChI=1S/C21H27N5O2S/c1-24-4-6-26(7-5-24)21(28)19-9-15-11-22-17(10-18(15)29-19)20(27)23-16-8-14-2-3-25(12-14)13-16/h9-11,14,16H,2-8,12-13H2,1H3,(H,23,27). The number of likely N-dealkylation sites (N-methyl/N-ethyl adjacent to an activating group) is 1. The number of carbonyl (C=O) groups excluding carboxylic acids is 2. The number of piperidine rings is 1. The van der Waals surface area contributed by atoms with Crippen molar-refractivity contribution in [2.24, 2.45) is 5.92 Å². The average Bonchev–Trinajstić information content (AvgIpc) is 3.30. The summed E-state index contributed by atoms with van der Waals surface area (Å²) in [6, 6.07) is 3.94. The third kappa shape index (κ3) is 3.89. The van der Waals surface area contributed by atoms with Crippen LogP contribution in [0.3, 0.4) is 0 Å².